The molecular formula is C15H27NO2. The summed E-state index contributed by atoms with van der Waals surface area (Å²) >= 11 is 0. The molecule has 2 rings (SSSR count). The zero-order chi connectivity index (χ0) is 13.0. The van der Waals surface area contributed by atoms with E-state index in [4.69, 9.17) is 0 Å². The van der Waals surface area contributed by atoms with Crippen molar-refractivity contribution in [2.45, 2.75) is 76.8 Å². The molecule has 0 radical (unpaired) electrons. The van der Waals surface area contributed by atoms with Gasteiger partial charge in [0.05, 0.1) is 0 Å². The maximum Gasteiger partial charge on any atom is 0.320 e. The highest BCUT2D eigenvalue weighted by Crippen LogP contribution is 2.31. The van der Waals surface area contributed by atoms with Gasteiger partial charge >= 0.3 is 5.97 Å². The van der Waals surface area contributed by atoms with Crippen molar-refractivity contribution in [3.8, 4) is 0 Å². The Morgan fingerprint density at radius 2 is 1.67 bits per heavy atom. The highest BCUT2D eigenvalue weighted by atomic mass is 16.4. The van der Waals surface area contributed by atoms with Crippen LogP contribution in [0, 0.1) is 5.92 Å². The summed E-state index contributed by atoms with van der Waals surface area (Å²) in [6.45, 7) is 3.30. The Balaban J connectivity index is 2.09. The van der Waals surface area contributed by atoms with E-state index in [0.717, 1.165) is 19.4 Å². The number of aliphatic carboxylic acids is 1. The number of carboxylic acid groups (broad SMARTS) is 1. The number of rotatable bonds is 2. The lowest BCUT2D eigenvalue weighted by Gasteiger charge is -2.42. The molecule has 0 aromatic heterocycles. The normalized spacial score (nSPS) is 35.7. The molecule has 18 heavy (non-hydrogen) atoms. The molecule has 1 aliphatic heterocycles. The molecule has 2 aliphatic rings. The SMILES string of the molecule is CC1CCCCC1N1CCCCCCC1C(=O)O. The van der Waals surface area contributed by atoms with Gasteiger partial charge in [-0.25, -0.2) is 0 Å². The summed E-state index contributed by atoms with van der Waals surface area (Å²) in [5.74, 6) is 0.0645. The lowest BCUT2D eigenvalue weighted by Crippen LogP contribution is -2.51. The molecule has 104 valence electrons. The zero-order valence-electron chi connectivity index (χ0n) is 11.6. The van der Waals surface area contributed by atoms with Gasteiger partial charge < -0.3 is 5.11 Å². The minimum Gasteiger partial charge on any atom is -0.480 e. The van der Waals surface area contributed by atoms with Crippen molar-refractivity contribution in [1.29, 1.82) is 0 Å². The third kappa shape index (κ3) is 3.25. The smallest absolute Gasteiger partial charge is 0.320 e. The molecule has 0 bridgehead atoms. The predicted octanol–water partition coefficient (Wildman–Crippen LogP) is 3.28. The fourth-order valence-corrected chi connectivity index (χ4v) is 3.76. The standard InChI is InChI=1S/C15H27NO2/c1-12-8-5-6-9-13(12)16-11-7-3-2-4-10-14(16)15(17)18/h12-14H,2-11H2,1H3,(H,17,18). The summed E-state index contributed by atoms with van der Waals surface area (Å²) in [6, 6.07) is 0.286. The molecule has 3 atom stereocenters. The van der Waals surface area contributed by atoms with E-state index >= 15 is 0 Å². The first kappa shape index (κ1) is 13.9. The van der Waals surface area contributed by atoms with Crippen LogP contribution in [0.4, 0.5) is 0 Å². The van der Waals surface area contributed by atoms with Crippen LogP contribution in [0.3, 0.4) is 0 Å². The zero-order valence-corrected chi connectivity index (χ0v) is 11.6. The van der Waals surface area contributed by atoms with Crippen molar-refractivity contribution < 1.29 is 9.90 Å². The Hall–Kier alpha value is -0.570. The van der Waals surface area contributed by atoms with Gasteiger partial charge in [0.25, 0.3) is 0 Å². The Bertz CT molecular complexity index is 280. The minimum atomic E-state index is -0.602. The summed E-state index contributed by atoms with van der Waals surface area (Å²) < 4.78 is 0. The van der Waals surface area contributed by atoms with Crippen LogP contribution in [0.5, 0.6) is 0 Å². The van der Waals surface area contributed by atoms with Crippen LogP contribution in [0.1, 0.15) is 64.7 Å². The first-order valence-corrected chi connectivity index (χ1v) is 7.68. The van der Waals surface area contributed by atoms with E-state index in [2.05, 4.69) is 11.8 Å². The number of hydrogen-bond donors (Lipinski definition) is 1. The molecule has 3 unspecified atom stereocenters. The van der Waals surface area contributed by atoms with Gasteiger partial charge in [-0.05, 0) is 38.1 Å². The molecule has 0 aromatic carbocycles. The molecule has 0 aromatic rings. The molecule has 1 aliphatic carbocycles. The van der Waals surface area contributed by atoms with E-state index in [1.54, 1.807) is 0 Å². The Labute approximate surface area is 111 Å². The molecule has 1 N–H and O–H groups in total. The van der Waals surface area contributed by atoms with E-state index in [1.807, 2.05) is 0 Å². The summed E-state index contributed by atoms with van der Waals surface area (Å²) in [5, 5.41) is 9.50. The van der Waals surface area contributed by atoms with Crippen molar-refractivity contribution in [3.63, 3.8) is 0 Å². The van der Waals surface area contributed by atoms with Crippen LogP contribution in [0.15, 0.2) is 0 Å². The van der Waals surface area contributed by atoms with Gasteiger partial charge in [0.2, 0.25) is 0 Å². The van der Waals surface area contributed by atoms with Crippen LogP contribution >= 0.6 is 0 Å². The summed E-state index contributed by atoms with van der Waals surface area (Å²) in [5.41, 5.74) is 0. The average Bonchev–Trinajstić information content (AvgIpc) is 2.30. The van der Waals surface area contributed by atoms with Crippen LogP contribution in [0.2, 0.25) is 0 Å². The van der Waals surface area contributed by atoms with Gasteiger partial charge in [-0.15, -0.1) is 0 Å². The van der Waals surface area contributed by atoms with E-state index in [-0.39, 0.29) is 6.04 Å². The number of carbonyl (C=O) groups is 1. The number of nitrogens with zero attached hydrogens (tertiary/aromatic N) is 1. The third-order valence-corrected chi connectivity index (χ3v) is 4.82. The summed E-state index contributed by atoms with van der Waals surface area (Å²) in [7, 11) is 0. The Morgan fingerprint density at radius 3 is 2.39 bits per heavy atom. The maximum absolute atomic E-state index is 11.5. The lowest BCUT2D eigenvalue weighted by atomic mass is 9.83. The third-order valence-electron chi connectivity index (χ3n) is 4.82. The highest BCUT2D eigenvalue weighted by Gasteiger charge is 2.35. The van der Waals surface area contributed by atoms with E-state index < -0.39 is 5.97 Å². The van der Waals surface area contributed by atoms with Crippen molar-refractivity contribution in [2.75, 3.05) is 6.54 Å². The van der Waals surface area contributed by atoms with Gasteiger partial charge in [-0.2, -0.15) is 0 Å². The van der Waals surface area contributed by atoms with Gasteiger partial charge in [0.1, 0.15) is 6.04 Å². The average molecular weight is 253 g/mol. The van der Waals surface area contributed by atoms with Gasteiger partial charge in [-0.1, -0.05) is 39.0 Å². The molecule has 1 saturated heterocycles. The summed E-state index contributed by atoms with van der Waals surface area (Å²) in [6.07, 6.45) is 10.6. The van der Waals surface area contributed by atoms with Crippen LogP contribution in [-0.4, -0.2) is 34.6 Å². The van der Waals surface area contributed by atoms with E-state index in [9.17, 15) is 9.90 Å². The molecule has 3 heteroatoms. The van der Waals surface area contributed by atoms with Crippen LogP contribution in [-0.2, 0) is 4.79 Å². The second-order valence-electron chi connectivity index (χ2n) is 6.12. The van der Waals surface area contributed by atoms with E-state index in [1.165, 1.54) is 44.9 Å². The quantitative estimate of drug-likeness (QED) is 0.821. The predicted molar refractivity (Wildman–Crippen MR) is 72.6 cm³/mol. The molecular weight excluding hydrogens is 226 g/mol. The Morgan fingerprint density at radius 1 is 1.00 bits per heavy atom. The van der Waals surface area contributed by atoms with Gasteiger partial charge in [0.15, 0.2) is 0 Å². The van der Waals surface area contributed by atoms with Gasteiger partial charge in [0, 0.05) is 6.04 Å². The fraction of sp³-hybridized carbons (Fsp3) is 0.933. The largest absolute Gasteiger partial charge is 0.480 e. The molecule has 2 fully saturated rings. The second-order valence-corrected chi connectivity index (χ2v) is 6.12. The van der Waals surface area contributed by atoms with Crippen molar-refractivity contribution in [1.82, 2.24) is 4.90 Å². The first-order chi connectivity index (χ1) is 8.70. The Kier molecular flexibility index (Phi) is 5.04. The molecule has 0 spiro atoms. The monoisotopic (exact) mass is 253 g/mol. The van der Waals surface area contributed by atoms with Crippen molar-refractivity contribution in [3.05, 3.63) is 0 Å². The number of carboxylic acids is 1. The van der Waals surface area contributed by atoms with Crippen LogP contribution < -0.4 is 0 Å². The molecule has 3 nitrogen and oxygen atoms in total. The number of hydrogen-bond acceptors (Lipinski definition) is 2. The topological polar surface area (TPSA) is 40.5 Å². The lowest BCUT2D eigenvalue weighted by molar-refractivity contribution is -0.146. The van der Waals surface area contributed by atoms with E-state index in [0.29, 0.717) is 12.0 Å². The van der Waals surface area contributed by atoms with Gasteiger partial charge in [-0.3, -0.25) is 9.69 Å². The molecule has 0 amide bonds. The second kappa shape index (κ2) is 6.55. The highest BCUT2D eigenvalue weighted by molar-refractivity contribution is 5.73. The molecule has 1 heterocycles. The first-order valence-electron chi connectivity index (χ1n) is 7.68. The number of likely N-dealkylation sites (tertiary alicyclic amines) is 1. The minimum absolute atomic E-state index is 0.226. The maximum atomic E-state index is 11.5. The fourth-order valence-electron chi connectivity index (χ4n) is 3.76. The van der Waals surface area contributed by atoms with Crippen molar-refractivity contribution in [2.24, 2.45) is 5.92 Å². The molecule has 1 saturated carbocycles. The van der Waals surface area contributed by atoms with Crippen molar-refractivity contribution >= 4 is 5.97 Å². The summed E-state index contributed by atoms with van der Waals surface area (Å²) in [4.78, 5) is 13.9. The van der Waals surface area contributed by atoms with Crippen LogP contribution in [0.25, 0.3) is 0 Å².